The van der Waals surface area contributed by atoms with Gasteiger partial charge in [0.1, 0.15) is 25.7 Å². The molecule has 190 valence electrons. The Morgan fingerprint density at radius 2 is 1.91 bits per heavy atom. The highest BCUT2D eigenvalue weighted by molar-refractivity contribution is 5.96. The van der Waals surface area contributed by atoms with E-state index >= 15 is 4.39 Å². The van der Waals surface area contributed by atoms with Crippen LogP contribution in [0.25, 0.3) is 0 Å². The van der Waals surface area contributed by atoms with E-state index in [4.69, 9.17) is 9.68 Å². The van der Waals surface area contributed by atoms with E-state index in [1.165, 1.54) is 19.3 Å². The molecular formula is C27H42FN3O3. The van der Waals surface area contributed by atoms with Crippen molar-refractivity contribution in [1.82, 2.24) is 4.90 Å². The number of hydrogen-bond acceptors (Lipinski definition) is 6. The second kappa shape index (κ2) is 9.51. The van der Waals surface area contributed by atoms with Gasteiger partial charge in [0.25, 0.3) is 0 Å². The summed E-state index contributed by atoms with van der Waals surface area (Å²) >= 11 is 0. The Labute approximate surface area is 203 Å². The van der Waals surface area contributed by atoms with E-state index in [0.717, 1.165) is 63.2 Å². The summed E-state index contributed by atoms with van der Waals surface area (Å²) in [4.78, 5) is 26.2. The van der Waals surface area contributed by atoms with Gasteiger partial charge in [0.05, 0.1) is 11.4 Å². The molecule has 0 N–H and O–H groups in total. The molecule has 5 unspecified atom stereocenters. The number of likely N-dealkylation sites (tertiary alicyclic amines) is 1. The maximum absolute atomic E-state index is 15.9. The fourth-order valence-corrected chi connectivity index (χ4v) is 8.50. The predicted molar refractivity (Wildman–Crippen MR) is 131 cm³/mol. The summed E-state index contributed by atoms with van der Waals surface area (Å²) in [5, 5.41) is 9.02. The van der Waals surface area contributed by atoms with Crippen LogP contribution in [0, 0.1) is 34.5 Å². The minimum absolute atomic E-state index is 0.0288. The molecule has 1 aliphatic heterocycles. The first-order chi connectivity index (χ1) is 16.4. The Bertz CT molecular complexity index is 841. The zero-order chi connectivity index (χ0) is 23.9. The summed E-state index contributed by atoms with van der Waals surface area (Å²) in [6.45, 7) is 8.16. The average Bonchev–Trinajstić information content (AvgIpc) is 3.11. The SMILES string of the molecule is CON=C1CC2C(C(F)C[C@]3(C)C(=O)CCC23)[C@@]2(C)CCC(=NOCCN3CCCCC3)CC12. The molecule has 0 bridgehead atoms. The first kappa shape index (κ1) is 24.2. The average molecular weight is 476 g/mol. The summed E-state index contributed by atoms with van der Waals surface area (Å²) in [5.41, 5.74) is 1.39. The molecule has 5 rings (SSSR count). The highest BCUT2D eigenvalue weighted by Gasteiger charge is 2.65. The fraction of sp³-hybridized carbons (Fsp3) is 0.889. The van der Waals surface area contributed by atoms with E-state index in [9.17, 15) is 4.79 Å². The molecule has 1 heterocycles. The lowest BCUT2D eigenvalue weighted by Gasteiger charge is -2.60. The highest BCUT2D eigenvalue weighted by atomic mass is 19.1. The third kappa shape index (κ3) is 4.10. The van der Waals surface area contributed by atoms with Crippen LogP contribution in [-0.2, 0) is 14.5 Å². The molecule has 6 nitrogen and oxygen atoms in total. The number of rotatable bonds is 5. The molecule has 7 atom stereocenters. The molecule has 5 aliphatic rings. The number of carbonyl (C=O) groups excluding carboxylic acids is 1. The van der Waals surface area contributed by atoms with Crippen molar-refractivity contribution in [3.63, 3.8) is 0 Å². The van der Waals surface area contributed by atoms with Gasteiger partial charge in [-0.2, -0.15) is 0 Å². The van der Waals surface area contributed by atoms with Gasteiger partial charge in [0.15, 0.2) is 0 Å². The van der Waals surface area contributed by atoms with Gasteiger partial charge in [-0.15, -0.1) is 0 Å². The number of oxime groups is 2. The molecule has 4 aliphatic carbocycles. The number of fused-ring (bicyclic) bond motifs is 5. The first-order valence-electron chi connectivity index (χ1n) is 13.5. The van der Waals surface area contributed by atoms with Gasteiger partial charge in [-0.05, 0) is 87.6 Å². The molecule has 1 saturated heterocycles. The Kier molecular flexibility index (Phi) is 6.77. The van der Waals surface area contributed by atoms with Crippen LogP contribution < -0.4 is 0 Å². The lowest BCUT2D eigenvalue weighted by Crippen LogP contribution is -2.60. The maximum atomic E-state index is 15.9. The van der Waals surface area contributed by atoms with Crippen LogP contribution in [0.1, 0.15) is 78.1 Å². The summed E-state index contributed by atoms with van der Waals surface area (Å²) < 4.78 is 15.9. The minimum Gasteiger partial charge on any atom is -0.399 e. The van der Waals surface area contributed by atoms with E-state index < -0.39 is 11.6 Å². The quantitative estimate of drug-likeness (QED) is 0.414. The molecule has 7 heteroatoms. The molecule has 34 heavy (non-hydrogen) atoms. The fourth-order valence-electron chi connectivity index (χ4n) is 8.50. The monoisotopic (exact) mass is 475 g/mol. The largest absolute Gasteiger partial charge is 0.399 e. The van der Waals surface area contributed by atoms with Crippen molar-refractivity contribution in [3.8, 4) is 0 Å². The van der Waals surface area contributed by atoms with Crippen molar-refractivity contribution in [1.29, 1.82) is 0 Å². The number of piperidine rings is 1. The predicted octanol–water partition coefficient (Wildman–Crippen LogP) is 5.02. The second-order valence-electron chi connectivity index (χ2n) is 12.0. The molecule has 0 radical (unpaired) electrons. The van der Waals surface area contributed by atoms with Crippen LogP contribution in [0.15, 0.2) is 10.3 Å². The third-order valence-corrected chi connectivity index (χ3v) is 10.3. The van der Waals surface area contributed by atoms with Gasteiger partial charge >= 0.3 is 0 Å². The van der Waals surface area contributed by atoms with E-state index in [0.29, 0.717) is 19.4 Å². The topological polar surface area (TPSA) is 63.5 Å². The number of Topliss-reactive ketones (excluding diaryl/α,β-unsaturated/α-hetero) is 1. The van der Waals surface area contributed by atoms with Crippen molar-refractivity contribution in [2.24, 2.45) is 44.8 Å². The zero-order valence-corrected chi connectivity index (χ0v) is 21.2. The summed E-state index contributed by atoms with van der Waals surface area (Å²) in [7, 11) is 1.60. The summed E-state index contributed by atoms with van der Waals surface area (Å²) in [5.74, 6) is 0.765. The molecule has 0 aromatic rings. The smallest absolute Gasteiger partial charge is 0.139 e. The third-order valence-electron chi connectivity index (χ3n) is 10.3. The lowest BCUT2D eigenvalue weighted by atomic mass is 9.44. The minimum atomic E-state index is -0.941. The van der Waals surface area contributed by atoms with Crippen molar-refractivity contribution in [2.75, 3.05) is 33.4 Å². The standard InChI is InChI=1S/C27H42FN3O3/c1-26-10-9-18(29-34-14-13-31-11-5-4-6-12-31)15-21(26)23(30-33-3)16-19-20-7-8-24(32)27(20,2)17-22(28)25(19)26/h19-22,25H,4-17H2,1-3H3/t19?,20?,21?,22?,25?,26-,27-/m0/s1. The van der Waals surface area contributed by atoms with Crippen LogP contribution in [-0.4, -0.2) is 61.6 Å². The number of carbonyl (C=O) groups is 1. The van der Waals surface area contributed by atoms with E-state index in [2.05, 4.69) is 22.1 Å². The number of alkyl halides is 1. The summed E-state index contributed by atoms with van der Waals surface area (Å²) in [6, 6.07) is 0. The van der Waals surface area contributed by atoms with Crippen LogP contribution in [0.2, 0.25) is 0 Å². The Morgan fingerprint density at radius 1 is 1.12 bits per heavy atom. The van der Waals surface area contributed by atoms with Crippen molar-refractivity contribution < 1.29 is 18.9 Å². The molecular weight excluding hydrogens is 433 g/mol. The Morgan fingerprint density at radius 3 is 2.68 bits per heavy atom. The van der Waals surface area contributed by atoms with Gasteiger partial charge in [0, 0.05) is 24.3 Å². The van der Waals surface area contributed by atoms with Crippen LogP contribution in [0.5, 0.6) is 0 Å². The van der Waals surface area contributed by atoms with E-state index in [1.807, 2.05) is 6.92 Å². The molecule has 0 aromatic carbocycles. The van der Waals surface area contributed by atoms with E-state index in [1.54, 1.807) is 7.11 Å². The van der Waals surface area contributed by atoms with Crippen LogP contribution >= 0.6 is 0 Å². The first-order valence-corrected chi connectivity index (χ1v) is 13.5. The number of hydrogen-bond donors (Lipinski definition) is 0. The van der Waals surface area contributed by atoms with Gasteiger partial charge in [-0.3, -0.25) is 9.69 Å². The number of halogens is 1. The van der Waals surface area contributed by atoms with Gasteiger partial charge in [-0.1, -0.05) is 30.6 Å². The van der Waals surface area contributed by atoms with Gasteiger partial charge < -0.3 is 9.68 Å². The second-order valence-corrected chi connectivity index (χ2v) is 12.0. The molecule has 0 spiro atoms. The van der Waals surface area contributed by atoms with Crippen LogP contribution in [0.3, 0.4) is 0 Å². The molecule has 0 aromatic heterocycles. The summed E-state index contributed by atoms with van der Waals surface area (Å²) in [6.07, 6.45) is 8.05. The van der Waals surface area contributed by atoms with Gasteiger partial charge in [0.2, 0.25) is 0 Å². The highest BCUT2D eigenvalue weighted by Crippen LogP contribution is 2.65. The molecule has 5 fully saturated rings. The normalized spacial score (nSPS) is 45.1. The Hall–Kier alpha value is -1.50. The lowest BCUT2D eigenvalue weighted by molar-refractivity contribution is -0.141. The maximum Gasteiger partial charge on any atom is 0.139 e. The molecule has 0 amide bonds. The van der Waals surface area contributed by atoms with Crippen molar-refractivity contribution in [3.05, 3.63) is 0 Å². The van der Waals surface area contributed by atoms with Crippen LogP contribution in [0.4, 0.5) is 4.39 Å². The Balaban J connectivity index is 1.31. The number of ketones is 1. The van der Waals surface area contributed by atoms with Gasteiger partial charge in [-0.25, -0.2) is 4.39 Å². The zero-order valence-electron chi connectivity index (χ0n) is 21.2. The van der Waals surface area contributed by atoms with Crippen molar-refractivity contribution in [2.45, 2.75) is 84.2 Å². The number of nitrogens with zero attached hydrogens (tertiary/aromatic N) is 3. The van der Waals surface area contributed by atoms with E-state index in [-0.39, 0.29) is 34.9 Å². The molecule has 4 saturated carbocycles. The van der Waals surface area contributed by atoms with Crippen molar-refractivity contribution >= 4 is 17.2 Å².